The molecule has 7 heteroatoms. The van der Waals surface area contributed by atoms with Gasteiger partial charge in [-0.15, -0.1) is 0 Å². The van der Waals surface area contributed by atoms with Crippen molar-refractivity contribution in [2.75, 3.05) is 26.7 Å². The molecule has 0 radical (unpaired) electrons. The van der Waals surface area contributed by atoms with E-state index in [1.165, 1.54) is 0 Å². The number of benzene rings is 1. The van der Waals surface area contributed by atoms with Crippen molar-refractivity contribution in [3.63, 3.8) is 0 Å². The lowest BCUT2D eigenvalue weighted by atomic mass is 10.2. The van der Waals surface area contributed by atoms with Crippen LogP contribution in [-0.4, -0.2) is 53.7 Å². The average Bonchev–Trinajstić information content (AvgIpc) is 3.09. The Morgan fingerprint density at radius 2 is 2.21 bits per heavy atom. The third-order valence-corrected chi connectivity index (χ3v) is 4.09. The maximum Gasteiger partial charge on any atom is 0.227 e. The van der Waals surface area contributed by atoms with Crippen molar-refractivity contribution in [2.24, 2.45) is 0 Å². The van der Waals surface area contributed by atoms with Crippen molar-refractivity contribution in [1.82, 2.24) is 20.4 Å². The predicted molar refractivity (Wildman–Crippen MR) is 88.7 cm³/mol. The van der Waals surface area contributed by atoms with E-state index < -0.39 is 0 Å². The minimum atomic E-state index is 0.132. The number of hydrogen-bond acceptors (Lipinski definition) is 6. The summed E-state index contributed by atoms with van der Waals surface area (Å²) in [6.07, 6.45) is 0.845. The summed E-state index contributed by atoms with van der Waals surface area (Å²) in [4.78, 5) is 18.5. The van der Waals surface area contributed by atoms with Crippen molar-refractivity contribution in [3.05, 3.63) is 30.2 Å². The van der Waals surface area contributed by atoms with Gasteiger partial charge in [-0.25, -0.2) is 0 Å². The number of aromatic nitrogens is 2. The molecule has 1 aliphatic heterocycles. The maximum atomic E-state index is 12.3. The van der Waals surface area contributed by atoms with Gasteiger partial charge in [0.2, 0.25) is 17.6 Å². The van der Waals surface area contributed by atoms with Crippen LogP contribution in [0.5, 0.6) is 5.75 Å². The molecule has 0 bridgehead atoms. The number of methoxy groups -OCH3 is 1. The van der Waals surface area contributed by atoms with E-state index in [1.807, 2.05) is 29.2 Å². The number of nitrogens with zero attached hydrogens (tertiary/aromatic N) is 3. The normalized spacial score (nSPS) is 17.8. The van der Waals surface area contributed by atoms with Gasteiger partial charge in [0.25, 0.3) is 0 Å². The first-order chi connectivity index (χ1) is 11.7. The first kappa shape index (κ1) is 16.4. The first-order valence-corrected chi connectivity index (χ1v) is 8.14. The summed E-state index contributed by atoms with van der Waals surface area (Å²) in [5, 5.41) is 7.31. The van der Waals surface area contributed by atoms with Crippen molar-refractivity contribution in [3.8, 4) is 17.1 Å². The fourth-order valence-electron chi connectivity index (χ4n) is 2.74. The number of ether oxygens (including phenoxy) is 1. The molecule has 1 aromatic carbocycles. The van der Waals surface area contributed by atoms with Crippen molar-refractivity contribution in [1.29, 1.82) is 0 Å². The number of rotatable bonds is 5. The van der Waals surface area contributed by atoms with Gasteiger partial charge in [-0.1, -0.05) is 5.16 Å². The Hall–Kier alpha value is -2.41. The molecule has 3 rings (SSSR count). The second kappa shape index (κ2) is 7.44. The summed E-state index contributed by atoms with van der Waals surface area (Å²) in [6, 6.07) is 7.79. The van der Waals surface area contributed by atoms with Gasteiger partial charge in [0.1, 0.15) is 5.75 Å². The molecular formula is C17H22N4O3. The fraction of sp³-hybridized carbons (Fsp3) is 0.471. The van der Waals surface area contributed by atoms with Crippen LogP contribution in [0.15, 0.2) is 28.8 Å². The van der Waals surface area contributed by atoms with Crippen LogP contribution in [-0.2, 0) is 11.2 Å². The van der Waals surface area contributed by atoms with Gasteiger partial charge < -0.3 is 19.5 Å². The molecule has 1 atom stereocenters. The molecule has 1 N–H and O–H groups in total. The van der Waals surface area contributed by atoms with E-state index in [0.29, 0.717) is 30.6 Å². The topological polar surface area (TPSA) is 80.5 Å². The zero-order valence-electron chi connectivity index (χ0n) is 14.0. The Balaban J connectivity index is 1.56. The molecule has 2 heterocycles. The lowest BCUT2D eigenvalue weighted by Crippen LogP contribution is -2.51. The highest BCUT2D eigenvalue weighted by Crippen LogP contribution is 2.20. The molecule has 1 unspecified atom stereocenters. The largest absolute Gasteiger partial charge is 0.497 e. The molecule has 0 aliphatic carbocycles. The Morgan fingerprint density at radius 3 is 2.92 bits per heavy atom. The minimum absolute atomic E-state index is 0.132. The number of aryl methyl sites for hydroxylation is 1. The summed E-state index contributed by atoms with van der Waals surface area (Å²) in [5.41, 5.74) is 0.855. The number of carbonyl (C=O) groups excluding carboxylic acids is 1. The number of carbonyl (C=O) groups is 1. The van der Waals surface area contributed by atoms with Crippen LogP contribution in [0, 0.1) is 0 Å². The van der Waals surface area contributed by atoms with Crippen LogP contribution < -0.4 is 10.1 Å². The monoisotopic (exact) mass is 330 g/mol. The van der Waals surface area contributed by atoms with E-state index >= 15 is 0 Å². The second-order valence-corrected chi connectivity index (χ2v) is 5.94. The van der Waals surface area contributed by atoms with Crippen LogP contribution in [0.3, 0.4) is 0 Å². The third kappa shape index (κ3) is 3.91. The third-order valence-electron chi connectivity index (χ3n) is 4.09. The van der Waals surface area contributed by atoms with E-state index in [0.717, 1.165) is 30.9 Å². The average molecular weight is 330 g/mol. The summed E-state index contributed by atoms with van der Waals surface area (Å²) < 4.78 is 10.4. The Morgan fingerprint density at radius 1 is 1.42 bits per heavy atom. The molecular weight excluding hydrogens is 308 g/mol. The van der Waals surface area contributed by atoms with Gasteiger partial charge in [-0.2, -0.15) is 4.98 Å². The molecule has 2 aromatic rings. The van der Waals surface area contributed by atoms with Gasteiger partial charge in [0, 0.05) is 44.1 Å². The minimum Gasteiger partial charge on any atom is -0.497 e. The van der Waals surface area contributed by atoms with E-state index in [4.69, 9.17) is 9.26 Å². The molecule has 1 saturated heterocycles. The molecule has 1 fully saturated rings. The van der Waals surface area contributed by atoms with E-state index in [9.17, 15) is 4.79 Å². The molecule has 1 aromatic heterocycles. The molecule has 7 nitrogen and oxygen atoms in total. The molecule has 1 amide bonds. The number of nitrogens with one attached hydrogen (secondary N) is 1. The van der Waals surface area contributed by atoms with E-state index in [-0.39, 0.29) is 5.91 Å². The number of hydrogen-bond donors (Lipinski definition) is 1. The highest BCUT2D eigenvalue weighted by Gasteiger charge is 2.21. The SMILES string of the molecule is COc1ccc(-c2noc(CCC(=O)N3CCNC(C)C3)n2)cc1. The molecule has 24 heavy (non-hydrogen) atoms. The van der Waals surface area contributed by atoms with E-state index in [1.54, 1.807) is 7.11 Å². The van der Waals surface area contributed by atoms with Crippen molar-refractivity contribution >= 4 is 5.91 Å². The van der Waals surface area contributed by atoms with Gasteiger partial charge in [0.15, 0.2) is 0 Å². The van der Waals surface area contributed by atoms with Crippen molar-refractivity contribution < 1.29 is 14.1 Å². The number of amides is 1. The van der Waals surface area contributed by atoms with Crippen molar-refractivity contribution in [2.45, 2.75) is 25.8 Å². The zero-order chi connectivity index (χ0) is 16.9. The summed E-state index contributed by atoms with van der Waals surface area (Å²) in [6.45, 7) is 4.43. The first-order valence-electron chi connectivity index (χ1n) is 8.14. The highest BCUT2D eigenvalue weighted by atomic mass is 16.5. The van der Waals surface area contributed by atoms with Gasteiger partial charge in [-0.3, -0.25) is 4.79 Å². The van der Waals surface area contributed by atoms with Gasteiger partial charge >= 0.3 is 0 Å². The highest BCUT2D eigenvalue weighted by molar-refractivity contribution is 5.76. The molecule has 0 saturated carbocycles. The summed E-state index contributed by atoms with van der Waals surface area (Å²) in [7, 11) is 1.62. The molecule has 0 spiro atoms. The summed E-state index contributed by atoms with van der Waals surface area (Å²) in [5.74, 6) is 1.92. The van der Waals surface area contributed by atoms with E-state index in [2.05, 4.69) is 22.4 Å². The predicted octanol–water partition coefficient (Wildman–Crippen LogP) is 1.50. The van der Waals surface area contributed by atoms with Crippen LogP contribution in [0.4, 0.5) is 0 Å². The van der Waals surface area contributed by atoms with Crippen LogP contribution >= 0.6 is 0 Å². The lowest BCUT2D eigenvalue weighted by molar-refractivity contribution is -0.132. The lowest BCUT2D eigenvalue weighted by Gasteiger charge is -2.31. The van der Waals surface area contributed by atoms with Gasteiger partial charge in [0.05, 0.1) is 7.11 Å². The zero-order valence-corrected chi connectivity index (χ0v) is 14.0. The summed E-state index contributed by atoms with van der Waals surface area (Å²) >= 11 is 0. The van der Waals surface area contributed by atoms with Crippen LogP contribution in [0.2, 0.25) is 0 Å². The Labute approximate surface area is 141 Å². The van der Waals surface area contributed by atoms with Crippen LogP contribution in [0.25, 0.3) is 11.4 Å². The Bertz CT molecular complexity index is 683. The molecule has 1 aliphatic rings. The standard InChI is InChI=1S/C17H22N4O3/c1-12-11-21(10-9-18-12)16(22)8-7-15-19-17(20-24-15)13-3-5-14(23-2)6-4-13/h3-6,12,18H,7-11H2,1-2H3. The maximum absolute atomic E-state index is 12.3. The molecule has 128 valence electrons. The number of piperazine rings is 1. The smallest absolute Gasteiger partial charge is 0.227 e. The van der Waals surface area contributed by atoms with Gasteiger partial charge in [-0.05, 0) is 31.2 Å². The quantitative estimate of drug-likeness (QED) is 0.895. The van der Waals surface area contributed by atoms with Crippen LogP contribution in [0.1, 0.15) is 19.2 Å². The second-order valence-electron chi connectivity index (χ2n) is 5.94. The fourth-order valence-corrected chi connectivity index (χ4v) is 2.74. The Kier molecular flexibility index (Phi) is 5.10.